The Kier molecular flexibility index (Phi) is 3.24. The number of anilines is 1. The van der Waals surface area contributed by atoms with Gasteiger partial charge >= 0.3 is 6.01 Å². The number of aromatic nitrogens is 2. The first-order valence-corrected chi connectivity index (χ1v) is 5.55. The molecule has 1 heterocycles. The SMILES string of the molecule is CNc1nc(CSc2ccccc2)no1. The maximum absolute atomic E-state index is 4.92. The van der Waals surface area contributed by atoms with Gasteiger partial charge in [0.05, 0.1) is 5.75 Å². The van der Waals surface area contributed by atoms with E-state index in [0.29, 0.717) is 11.8 Å². The fourth-order valence-corrected chi connectivity index (χ4v) is 1.84. The molecule has 0 amide bonds. The Balaban J connectivity index is 1.93. The normalized spacial score (nSPS) is 10.2. The summed E-state index contributed by atoms with van der Waals surface area (Å²) in [5.74, 6) is 1.42. The van der Waals surface area contributed by atoms with Gasteiger partial charge in [-0.25, -0.2) is 0 Å². The monoisotopic (exact) mass is 221 g/mol. The fourth-order valence-electron chi connectivity index (χ4n) is 1.08. The summed E-state index contributed by atoms with van der Waals surface area (Å²) in [5.41, 5.74) is 0. The molecule has 0 spiro atoms. The van der Waals surface area contributed by atoms with Crippen LogP contribution in [0.3, 0.4) is 0 Å². The van der Waals surface area contributed by atoms with Crippen LogP contribution in [0.2, 0.25) is 0 Å². The van der Waals surface area contributed by atoms with Gasteiger partial charge in [-0.1, -0.05) is 23.4 Å². The zero-order valence-corrected chi connectivity index (χ0v) is 9.12. The predicted octanol–water partition coefficient (Wildman–Crippen LogP) is 2.40. The van der Waals surface area contributed by atoms with Gasteiger partial charge in [-0.2, -0.15) is 4.98 Å². The molecule has 15 heavy (non-hydrogen) atoms. The van der Waals surface area contributed by atoms with Crippen LogP contribution in [0.4, 0.5) is 6.01 Å². The van der Waals surface area contributed by atoms with Gasteiger partial charge in [-0.15, -0.1) is 11.8 Å². The summed E-state index contributed by atoms with van der Waals surface area (Å²) < 4.78 is 4.92. The van der Waals surface area contributed by atoms with Gasteiger partial charge < -0.3 is 9.84 Å². The third-order valence-electron chi connectivity index (χ3n) is 1.79. The van der Waals surface area contributed by atoms with Gasteiger partial charge in [0.15, 0.2) is 5.82 Å². The smallest absolute Gasteiger partial charge is 0.321 e. The van der Waals surface area contributed by atoms with E-state index in [9.17, 15) is 0 Å². The van der Waals surface area contributed by atoms with Crippen LogP contribution < -0.4 is 5.32 Å². The number of nitrogens with one attached hydrogen (secondary N) is 1. The summed E-state index contributed by atoms with van der Waals surface area (Å²) in [6.45, 7) is 0. The first-order valence-electron chi connectivity index (χ1n) is 4.56. The van der Waals surface area contributed by atoms with E-state index in [1.54, 1.807) is 18.8 Å². The second-order valence-electron chi connectivity index (χ2n) is 2.87. The van der Waals surface area contributed by atoms with Crippen molar-refractivity contribution in [3.8, 4) is 0 Å². The van der Waals surface area contributed by atoms with Gasteiger partial charge in [0, 0.05) is 11.9 Å². The lowest BCUT2D eigenvalue weighted by Crippen LogP contribution is -1.88. The van der Waals surface area contributed by atoms with Crippen molar-refractivity contribution in [2.45, 2.75) is 10.6 Å². The van der Waals surface area contributed by atoms with Gasteiger partial charge in [0.1, 0.15) is 0 Å². The second kappa shape index (κ2) is 4.84. The first-order chi connectivity index (χ1) is 7.38. The molecular weight excluding hydrogens is 210 g/mol. The molecule has 0 aliphatic rings. The molecule has 0 bridgehead atoms. The van der Waals surface area contributed by atoms with E-state index in [0.717, 1.165) is 5.75 Å². The van der Waals surface area contributed by atoms with Crippen molar-refractivity contribution in [3.05, 3.63) is 36.2 Å². The minimum absolute atomic E-state index is 0.457. The minimum Gasteiger partial charge on any atom is -0.341 e. The molecule has 2 aromatic rings. The highest BCUT2D eigenvalue weighted by Crippen LogP contribution is 2.21. The Morgan fingerprint density at radius 1 is 1.33 bits per heavy atom. The van der Waals surface area contributed by atoms with E-state index in [4.69, 9.17) is 4.52 Å². The molecule has 4 nitrogen and oxygen atoms in total. The van der Waals surface area contributed by atoms with Crippen molar-refractivity contribution in [2.24, 2.45) is 0 Å². The first kappa shape index (κ1) is 10.0. The zero-order valence-electron chi connectivity index (χ0n) is 8.30. The van der Waals surface area contributed by atoms with Crippen molar-refractivity contribution in [2.75, 3.05) is 12.4 Å². The Morgan fingerprint density at radius 3 is 2.80 bits per heavy atom. The van der Waals surface area contributed by atoms with Crippen LogP contribution in [-0.4, -0.2) is 17.2 Å². The van der Waals surface area contributed by atoms with Crippen LogP contribution in [-0.2, 0) is 5.75 Å². The maximum Gasteiger partial charge on any atom is 0.321 e. The molecule has 0 atom stereocenters. The average molecular weight is 221 g/mol. The van der Waals surface area contributed by atoms with Crippen molar-refractivity contribution in [1.82, 2.24) is 10.1 Å². The Hall–Kier alpha value is -1.49. The van der Waals surface area contributed by atoms with Crippen LogP contribution in [0, 0.1) is 0 Å². The topological polar surface area (TPSA) is 51.0 Å². The summed E-state index contributed by atoms with van der Waals surface area (Å²) in [6, 6.07) is 10.6. The molecule has 0 aliphatic heterocycles. The van der Waals surface area contributed by atoms with Gasteiger partial charge in [-0.05, 0) is 12.1 Å². The van der Waals surface area contributed by atoms with Crippen molar-refractivity contribution >= 4 is 17.8 Å². The molecule has 1 aromatic carbocycles. The van der Waals surface area contributed by atoms with Gasteiger partial charge in [-0.3, -0.25) is 0 Å². The quantitative estimate of drug-likeness (QED) is 0.803. The lowest BCUT2D eigenvalue weighted by atomic mass is 10.4. The Bertz CT molecular complexity index is 416. The van der Waals surface area contributed by atoms with E-state index < -0.39 is 0 Å². The lowest BCUT2D eigenvalue weighted by molar-refractivity contribution is 0.427. The third-order valence-corrected chi connectivity index (χ3v) is 2.80. The van der Waals surface area contributed by atoms with Gasteiger partial charge in [0.25, 0.3) is 0 Å². The molecule has 5 heteroatoms. The van der Waals surface area contributed by atoms with E-state index in [-0.39, 0.29) is 0 Å². The van der Waals surface area contributed by atoms with Crippen molar-refractivity contribution < 1.29 is 4.52 Å². The molecule has 78 valence electrons. The standard InChI is InChI=1S/C10H11N3OS/c1-11-10-12-9(13-14-10)7-15-8-5-3-2-4-6-8/h2-6H,7H2,1H3,(H,11,12,13). The van der Waals surface area contributed by atoms with Crippen molar-refractivity contribution in [3.63, 3.8) is 0 Å². The van der Waals surface area contributed by atoms with Crippen LogP contribution in [0.25, 0.3) is 0 Å². The molecular formula is C10H11N3OS. The average Bonchev–Trinajstić information content (AvgIpc) is 2.76. The molecule has 1 aromatic heterocycles. The summed E-state index contributed by atoms with van der Waals surface area (Å²) in [4.78, 5) is 5.34. The Labute approximate surface area is 92.1 Å². The van der Waals surface area contributed by atoms with E-state index in [2.05, 4.69) is 27.6 Å². The number of rotatable bonds is 4. The minimum atomic E-state index is 0.457. The molecule has 0 unspecified atom stereocenters. The highest BCUT2D eigenvalue weighted by Gasteiger charge is 2.04. The Morgan fingerprint density at radius 2 is 2.13 bits per heavy atom. The van der Waals surface area contributed by atoms with E-state index >= 15 is 0 Å². The zero-order chi connectivity index (χ0) is 10.5. The van der Waals surface area contributed by atoms with E-state index in [1.165, 1.54) is 4.90 Å². The predicted molar refractivity (Wildman–Crippen MR) is 59.8 cm³/mol. The molecule has 0 fully saturated rings. The van der Waals surface area contributed by atoms with Crippen LogP contribution in [0.15, 0.2) is 39.8 Å². The third kappa shape index (κ3) is 2.73. The number of nitrogens with zero attached hydrogens (tertiary/aromatic N) is 2. The maximum atomic E-state index is 4.92. The molecule has 0 radical (unpaired) electrons. The largest absolute Gasteiger partial charge is 0.341 e. The number of hydrogen-bond acceptors (Lipinski definition) is 5. The van der Waals surface area contributed by atoms with E-state index in [1.807, 2.05) is 18.2 Å². The molecule has 0 saturated heterocycles. The fraction of sp³-hybridized carbons (Fsp3) is 0.200. The molecule has 0 aliphatic carbocycles. The van der Waals surface area contributed by atoms with Crippen LogP contribution in [0.1, 0.15) is 5.82 Å². The lowest BCUT2D eigenvalue weighted by Gasteiger charge is -1.96. The number of hydrogen-bond donors (Lipinski definition) is 1. The van der Waals surface area contributed by atoms with Crippen molar-refractivity contribution in [1.29, 1.82) is 0 Å². The molecule has 1 N–H and O–H groups in total. The summed E-state index contributed by atoms with van der Waals surface area (Å²) in [5, 5.41) is 6.63. The molecule has 0 saturated carbocycles. The molecule has 2 rings (SSSR count). The van der Waals surface area contributed by atoms with Gasteiger partial charge in [0.2, 0.25) is 0 Å². The summed E-state index contributed by atoms with van der Waals surface area (Å²) in [6.07, 6.45) is 0. The highest BCUT2D eigenvalue weighted by atomic mass is 32.2. The van der Waals surface area contributed by atoms with Crippen LogP contribution in [0.5, 0.6) is 0 Å². The van der Waals surface area contributed by atoms with Crippen LogP contribution >= 0.6 is 11.8 Å². The second-order valence-corrected chi connectivity index (χ2v) is 3.92. The number of thioether (sulfide) groups is 1. The summed E-state index contributed by atoms with van der Waals surface area (Å²) >= 11 is 1.68. The highest BCUT2D eigenvalue weighted by molar-refractivity contribution is 7.98. The number of benzene rings is 1. The summed E-state index contributed by atoms with van der Waals surface area (Å²) in [7, 11) is 1.75.